The number of esters is 1. The molecular weight excluding hydrogens is 330 g/mol. The Labute approximate surface area is 125 Å². The molecule has 0 aliphatic carbocycles. The van der Waals surface area contributed by atoms with E-state index in [4.69, 9.17) is 4.74 Å². The van der Waals surface area contributed by atoms with Crippen molar-refractivity contribution in [3.63, 3.8) is 0 Å². The van der Waals surface area contributed by atoms with E-state index in [-0.39, 0.29) is 5.69 Å². The number of carbonyl (C=O) groups excluding carboxylic acids is 1. The van der Waals surface area contributed by atoms with Gasteiger partial charge in [0, 0.05) is 6.07 Å². The zero-order chi connectivity index (χ0) is 15.3. The molecule has 1 N–H and O–H groups in total. The van der Waals surface area contributed by atoms with Crippen LogP contribution in [0.25, 0.3) is 0 Å². The smallest absolute Gasteiger partial charge is 0.331 e. The zero-order valence-corrected chi connectivity index (χ0v) is 13.1. The Morgan fingerprint density at radius 1 is 1.65 bits per heavy atom. The molecule has 0 radical (unpaired) electrons. The van der Waals surface area contributed by atoms with Crippen molar-refractivity contribution in [3.8, 4) is 0 Å². The number of anilines is 1. The third-order valence-corrected chi connectivity index (χ3v) is 3.42. The lowest BCUT2D eigenvalue weighted by molar-refractivity contribution is -0.385. The van der Waals surface area contributed by atoms with E-state index in [1.54, 1.807) is 6.92 Å². The molecule has 0 amide bonds. The maximum Gasteiger partial charge on any atom is 0.331 e. The van der Waals surface area contributed by atoms with E-state index in [2.05, 4.69) is 26.2 Å². The van der Waals surface area contributed by atoms with Gasteiger partial charge < -0.3 is 10.1 Å². The highest BCUT2D eigenvalue weighted by atomic mass is 79.9. The molecule has 0 saturated heterocycles. The fraction of sp³-hybridized carbons (Fsp3) is 0.500. The molecule has 8 heteroatoms. The van der Waals surface area contributed by atoms with Crippen LogP contribution in [0.2, 0.25) is 0 Å². The summed E-state index contributed by atoms with van der Waals surface area (Å²) >= 11 is 3.21. The van der Waals surface area contributed by atoms with Crippen molar-refractivity contribution in [2.24, 2.45) is 0 Å². The van der Waals surface area contributed by atoms with Gasteiger partial charge in [0.15, 0.2) is 0 Å². The zero-order valence-electron chi connectivity index (χ0n) is 11.5. The molecular formula is C12H16BrN3O4. The Morgan fingerprint density at radius 2 is 2.30 bits per heavy atom. The second-order valence-corrected chi connectivity index (χ2v) is 5.33. The number of nitrogens with zero attached hydrogens (tertiary/aromatic N) is 2. The van der Waals surface area contributed by atoms with Crippen molar-refractivity contribution in [1.29, 1.82) is 0 Å². The van der Waals surface area contributed by atoms with Crippen molar-refractivity contribution in [1.82, 2.24) is 4.98 Å². The van der Waals surface area contributed by atoms with Crippen LogP contribution in [-0.4, -0.2) is 28.5 Å². The largest absolute Gasteiger partial charge is 0.467 e. The molecule has 1 atom stereocenters. The Bertz CT molecular complexity index is 523. The van der Waals surface area contributed by atoms with Gasteiger partial charge in [-0.05, 0) is 29.3 Å². The molecule has 0 bridgehead atoms. The normalized spacial score (nSPS) is 13.4. The van der Waals surface area contributed by atoms with Gasteiger partial charge >= 0.3 is 5.97 Å². The average Bonchev–Trinajstić information content (AvgIpc) is 2.40. The predicted octanol–water partition coefficient (Wildman–Crippen LogP) is 2.90. The summed E-state index contributed by atoms with van der Waals surface area (Å²) in [4.78, 5) is 26.0. The Morgan fingerprint density at radius 3 is 2.75 bits per heavy atom. The summed E-state index contributed by atoms with van der Waals surface area (Å²) in [5, 5.41) is 13.6. The molecule has 0 spiro atoms. The first-order valence-corrected chi connectivity index (χ1v) is 6.80. The first-order chi connectivity index (χ1) is 9.34. The van der Waals surface area contributed by atoms with Gasteiger partial charge in [-0.25, -0.2) is 9.78 Å². The van der Waals surface area contributed by atoms with Crippen molar-refractivity contribution < 1.29 is 14.5 Å². The number of hydrogen-bond acceptors (Lipinski definition) is 6. The van der Waals surface area contributed by atoms with Crippen LogP contribution in [-0.2, 0) is 9.53 Å². The molecule has 1 aromatic heterocycles. The number of nitrogens with one attached hydrogen (secondary N) is 1. The van der Waals surface area contributed by atoms with Gasteiger partial charge in [0.2, 0.25) is 0 Å². The summed E-state index contributed by atoms with van der Waals surface area (Å²) in [6.45, 7) is 3.65. The first-order valence-electron chi connectivity index (χ1n) is 6.00. The van der Waals surface area contributed by atoms with E-state index < -0.39 is 16.4 Å². The molecule has 0 aromatic carbocycles. The number of methoxy groups -OCH3 is 1. The summed E-state index contributed by atoms with van der Waals surface area (Å²) in [7, 11) is 1.32. The summed E-state index contributed by atoms with van der Waals surface area (Å²) in [6, 6.07) is 1.33. The first kappa shape index (κ1) is 16.4. The number of ether oxygens (including phenoxy) is 1. The molecule has 1 rings (SSSR count). The van der Waals surface area contributed by atoms with E-state index in [1.807, 2.05) is 6.92 Å². The van der Waals surface area contributed by atoms with E-state index in [1.165, 1.54) is 13.2 Å². The summed E-state index contributed by atoms with van der Waals surface area (Å²) in [5.74, 6) is -0.0525. The van der Waals surface area contributed by atoms with E-state index in [0.717, 1.165) is 12.6 Å². The maximum absolute atomic E-state index is 11.9. The van der Waals surface area contributed by atoms with Crippen LogP contribution in [0.4, 0.5) is 11.5 Å². The summed E-state index contributed by atoms with van der Waals surface area (Å²) < 4.78 is 5.20. The predicted molar refractivity (Wildman–Crippen MR) is 77.5 cm³/mol. The summed E-state index contributed by atoms with van der Waals surface area (Å²) in [5.41, 5.74) is -1.06. The van der Waals surface area contributed by atoms with Crippen LogP contribution in [0, 0.1) is 10.1 Å². The van der Waals surface area contributed by atoms with Crippen LogP contribution in [0.5, 0.6) is 0 Å². The molecule has 0 fully saturated rings. The highest BCUT2D eigenvalue weighted by Gasteiger charge is 2.34. The second-order valence-electron chi connectivity index (χ2n) is 4.48. The number of halogens is 1. The van der Waals surface area contributed by atoms with Crippen molar-refractivity contribution in [2.45, 2.75) is 32.2 Å². The number of hydrogen-bond donors (Lipinski definition) is 1. The summed E-state index contributed by atoms with van der Waals surface area (Å²) in [6.07, 6.45) is 2.45. The van der Waals surface area contributed by atoms with Gasteiger partial charge in [-0.3, -0.25) is 10.1 Å². The third kappa shape index (κ3) is 3.66. The van der Waals surface area contributed by atoms with Gasteiger partial charge in [-0.15, -0.1) is 0 Å². The van der Waals surface area contributed by atoms with Gasteiger partial charge in [-0.1, -0.05) is 13.3 Å². The number of aromatic nitrogens is 1. The van der Waals surface area contributed by atoms with Crippen LogP contribution in [0.15, 0.2) is 16.7 Å². The van der Waals surface area contributed by atoms with Gasteiger partial charge in [-0.2, -0.15) is 0 Å². The average molecular weight is 346 g/mol. The van der Waals surface area contributed by atoms with Crippen LogP contribution < -0.4 is 5.32 Å². The topological polar surface area (TPSA) is 94.4 Å². The molecule has 20 heavy (non-hydrogen) atoms. The lowest BCUT2D eigenvalue weighted by Crippen LogP contribution is -2.44. The van der Waals surface area contributed by atoms with Gasteiger partial charge in [0.05, 0.1) is 16.5 Å². The fourth-order valence-corrected chi connectivity index (χ4v) is 2.26. The van der Waals surface area contributed by atoms with Crippen molar-refractivity contribution in [2.75, 3.05) is 12.4 Å². The minimum absolute atomic E-state index is 0.127. The standard InChI is InChI=1S/C12H16BrN3O4/c1-4-5-12(2,11(17)20-3)15-10-9(13)6-8(7-14-10)16(18)19/h6-7H,4-5H2,1-3H3,(H,14,15). The van der Waals surface area contributed by atoms with E-state index in [9.17, 15) is 14.9 Å². The van der Waals surface area contributed by atoms with Crippen molar-refractivity contribution >= 4 is 33.4 Å². The molecule has 1 aromatic rings. The highest BCUT2D eigenvalue weighted by molar-refractivity contribution is 9.10. The van der Waals surface area contributed by atoms with Crippen LogP contribution in [0.1, 0.15) is 26.7 Å². The maximum atomic E-state index is 11.9. The van der Waals surface area contributed by atoms with E-state index in [0.29, 0.717) is 16.7 Å². The molecule has 110 valence electrons. The lowest BCUT2D eigenvalue weighted by Gasteiger charge is -2.28. The molecule has 0 aliphatic heterocycles. The second kappa shape index (κ2) is 6.65. The van der Waals surface area contributed by atoms with Crippen molar-refractivity contribution in [3.05, 3.63) is 26.9 Å². The minimum Gasteiger partial charge on any atom is -0.467 e. The Balaban J connectivity index is 3.06. The van der Waals surface area contributed by atoms with Crippen LogP contribution >= 0.6 is 15.9 Å². The van der Waals surface area contributed by atoms with Gasteiger partial charge in [0.1, 0.15) is 17.6 Å². The highest BCUT2D eigenvalue weighted by Crippen LogP contribution is 2.28. The SMILES string of the molecule is CCCC(C)(Nc1ncc([N+](=O)[O-])cc1Br)C(=O)OC. The molecule has 1 unspecified atom stereocenters. The third-order valence-electron chi connectivity index (χ3n) is 2.82. The van der Waals surface area contributed by atoms with Crippen LogP contribution in [0.3, 0.4) is 0 Å². The molecule has 0 saturated carbocycles. The monoisotopic (exact) mass is 345 g/mol. The van der Waals surface area contributed by atoms with E-state index >= 15 is 0 Å². The Kier molecular flexibility index (Phi) is 5.43. The number of carbonyl (C=O) groups is 1. The van der Waals surface area contributed by atoms with Gasteiger partial charge in [0.25, 0.3) is 5.69 Å². The number of pyridine rings is 1. The Hall–Kier alpha value is -1.70. The number of rotatable bonds is 6. The lowest BCUT2D eigenvalue weighted by atomic mass is 9.96. The quantitative estimate of drug-likeness (QED) is 0.484. The fourth-order valence-electron chi connectivity index (χ4n) is 1.82. The molecule has 7 nitrogen and oxygen atoms in total. The molecule has 0 aliphatic rings. The minimum atomic E-state index is -0.935. The number of nitro groups is 1. The molecule has 1 heterocycles.